The highest BCUT2D eigenvalue weighted by Crippen LogP contribution is 2.14. The van der Waals surface area contributed by atoms with Crippen molar-refractivity contribution in [1.82, 2.24) is 9.97 Å². The summed E-state index contributed by atoms with van der Waals surface area (Å²) in [5.74, 6) is -0.991. The van der Waals surface area contributed by atoms with Crippen LogP contribution in [-0.4, -0.2) is 9.97 Å². The molecule has 0 saturated carbocycles. The number of aromatic nitrogens is 2. The molecule has 0 fully saturated rings. The van der Waals surface area contributed by atoms with E-state index in [0.29, 0.717) is 17.9 Å². The third kappa shape index (κ3) is 2.71. The van der Waals surface area contributed by atoms with Crippen LogP contribution in [0, 0.1) is 18.6 Å². The van der Waals surface area contributed by atoms with Gasteiger partial charge in [-0.25, -0.2) is 13.8 Å². The molecule has 0 radical (unpaired) electrons. The molecule has 1 aromatic heterocycles. The first-order valence-corrected chi connectivity index (χ1v) is 5.33. The lowest BCUT2D eigenvalue weighted by molar-refractivity contribution is 0.507. The first-order chi connectivity index (χ1) is 8.56. The predicted octanol–water partition coefficient (Wildman–Crippen LogP) is 2.26. The SMILES string of the molecule is Cc1cnc(N)nc1NCc1ccc(F)c(F)c1. The van der Waals surface area contributed by atoms with Crippen molar-refractivity contribution in [2.75, 3.05) is 11.1 Å². The second-order valence-electron chi connectivity index (χ2n) is 3.86. The van der Waals surface area contributed by atoms with Gasteiger partial charge in [0.15, 0.2) is 11.6 Å². The fraction of sp³-hybridized carbons (Fsp3) is 0.167. The van der Waals surface area contributed by atoms with Crippen molar-refractivity contribution in [3.05, 3.63) is 47.2 Å². The molecule has 0 bridgehead atoms. The molecule has 94 valence electrons. The van der Waals surface area contributed by atoms with Crippen molar-refractivity contribution in [3.8, 4) is 0 Å². The summed E-state index contributed by atoms with van der Waals surface area (Å²) in [4.78, 5) is 7.85. The second-order valence-corrected chi connectivity index (χ2v) is 3.86. The lowest BCUT2D eigenvalue weighted by atomic mass is 10.2. The van der Waals surface area contributed by atoms with Crippen molar-refractivity contribution >= 4 is 11.8 Å². The van der Waals surface area contributed by atoms with Crippen LogP contribution in [0.3, 0.4) is 0 Å². The largest absolute Gasteiger partial charge is 0.368 e. The molecule has 1 aromatic carbocycles. The van der Waals surface area contributed by atoms with Crippen LogP contribution < -0.4 is 11.1 Å². The number of hydrogen-bond donors (Lipinski definition) is 2. The average molecular weight is 250 g/mol. The molecule has 0 amide bonds. The number of nitrogens with one attached hydrogen (secondary N) is 1. The maximum absolute atomic E-state index is 13.0. The zero-order chi connectivity index (χ0) is 13.1. The summed E-state index contributed by atoms with van der Waals surface area (Å²) in [6.45, 7) is 2.15. The van der Waals surface area contributed by atoms with E-state index in [1.807, 2.05) is 6.92 Å². The summed E-state index contributed by atoms with van der Waals surface area (Å²) >= 11 is 0. The fourth-order valence-corrected chi connectivity index (χ4v) is 1.47. The molecule has 2 rings (SSSR count). The van der Waals surface area contributed by atoms with Gasteiger partial charge in [-0.1, -0.05) is 6.07 Å². The van der Waals surface area contributed by atoms with Crippen LogP contribution in [0.1, 0.15) is 11.1 Å². The van der Waals surface area contributed by atoms with Gasteiger partial charge in [0.2, 0.25) is 5.95 Å². The van der Waals surface area contributed by atoms with Gasteiger partial charge in [-0.3, -0.25) is 0 Å². The minimum Gasteiger partial charge on any atom is -0.368 e. The van der Waals surface area contributed by atoms with E-state index in [0.717, 1.165) is 17.7 Å². The van der Waals surface area contributed by atoms with E-state index in [1.165, 1.54) is 6.07 Å². The number of benzene rings is 1. The lowest BCUT2D eigenvalue weighted by Gasteiger charge is -2.08. The summed E-state index contributed by atoms with van der Waals surface area (Å²) in [6.07, 6.45) is 1.59. The topological polar surface area (TPSA) is 63.8 Å². The highest BCUT2D eigenvalue weighted by Gasteiger charge is 2.04. The smallest absolute Gasteiger partial charge is 0.221 e. The van der Waals surface area contributed by atoms with Gasteiger partial charge in [-0.15, -0.1) is 0 Å². The third-order valence-corrected chi connectivity index (χ3v) is 2.43. The van der Waals surface area contributed by atoms with Gasteiger partial charge in [0.25, 0.3) is 0 Å². The number of anilines is 2. The number of nitrogens with two attached hydrogens (primary N) is 1. The molecule has 18 heavy (non-hydrogen) atoms. The van der Waals surface area contributed by atoms with Crippen molar-refractivity contribution in [2.45, 2.75) is 13.5 Å². The maximum Gasteiger partial charge on any atom is 0.221 e. The van der Waals surface area contributed by atoms with Crippen LogP contribution in [-0.2, 0) is 6.54 Å². The minimum atomic E-state index is -0.867. The van der Waals surface area contributed by atoms with Gasteiger partial charge < -0.3 is 11.1 Å². The minimum absolute atomic E-state index is 0.161. The first kappa shape index (κ1) is 12.2. The Hall–Kier alpha value is -2.24. The quantitative estimate of drug-likeness (QED) is 0.877. The Bertz CT molecular complexity index is 572. The predicted molar refractivity (Wildman–Crippen MR) is 64.9 cm³/mol. The standard InChI is InChI=1S/C12H12F2N4/c1-7-5-17-12(15)18-11(7)16-6-8-2-3-9(13)10(14)4-8/h2-5H,6H2,1H3,(H3,15,16,17,18). The van der Waals surface area contributed by atoms with Crippen molar-refractivity contribution in [3.63, 3.8) is 0 Å². The van der Waals surface area contributed by atoms with Gasteiger partial charge in [-0.2, -0.15) is 4.98 Å². The Balaban J connectivity index is 2.11. The number of halogens is 2. The molecule has 6 heteroatoms. The number of hydrogen-bond acceptors (Lipinski definition) is 4. The summed E-state index contributed by atoms with van der Waals surface area (Å²) < 4.78 is 25.7. The number of nitrogen functional groups attached to an aromatic ring is 1. The van der Waals surface area contributed by atoms with E-state index in [2.05, 4.69) is 15.3 Å². The summed E-state index contributed by atoms with van der Waals surface area (Å²) in [6, 6.07) is 3.74. The highest BCUT2D eigenvalue weighted by molar-refractivity contribution is 5.45. The molecule has 3 N–H and O–H groups in total. The Morgan fingerprint density at radius 1 is 1.28 bits per heavy atom. The Morgan fingerprint density at radius 3 is 2.78 bits per heavy atom. The third-order valence-electron chi connectivity index (χ3n) is 2.43. The van der Waals surface area contributed by atoms with Crippen LogP contribution in [0.5, 0.6) is 0 Å². The van der Waals surface area contributed by atoms with E-state index in [4.69, 9.17) is 5.73 Å². The molecular formula is C12H12F2N4. The molecule has 0 aliphatic carbocycles. The highest BCUT2D eigenvalue weighted by atomic mass is 19.2. The molecule has 0 spiro atoms. The molecule has 4 nitrogen and oxygen atoms in total. The average Bonchev–Trinajstić information content (AvgIpc) is 2.34. The fourth-order valence-electron chi connectivity index (χ4n) is 1.47. The molecule has 1 heterocycles. The molecular weight excluding hydrogens is 238 g/mol. The van der Waals surface area contributed by atoms with Gasteiger partial charge in [-0.05, 0) is 24.6 Å². The van der Waals surface area contributed by atoms with Crippen LogP contribution in [0.2, 0.25) is 0 Å². The summed E-state index contributed by atoms with van der Waals surface area (Å²) in [5, 5.41) is 3.00. The van der Waals surface area contributed by atoms with Crippen molar-refractivity contribution < 1.29 is 8.78 Å². The maximum atomic E-state index is 13.0. The second kappa shape index (κ2) is 4.95. The monoisotopic (exact) mass is 250 g/mol. The van der Waals surface area contributed by atoms with Gasteiger partial charge in [0.05, 0.1) is 0 Å². The molecule has 0 atom stereocenters. The Morgan fingerprint density at radius 2 is 2.06 bits per heavy atom. The van der Waals surface area contributed by atoms with Crippen LogP contribution in [0.25, 0.3) is 0 Å². The van der Waals surface area contributed by atoms with E-state index >= 15 is 0 Å². The van der Waals surface area contributed by atoms with E-state index in [1.54, 1.807) is 6.20 Å². The van der Waals surface area contributed by atoms with Crippen LogP contribution >= 0.6 is 0 Å². The number of aryl methyl sites for hydroxylation is 1. The Kier molecular flexibility index (Phi) is 3.36. The zero-order valence-electron chi connectivity index (χ0n) is 9.74. The molecule has 2 aromatic rings. The zero-order valence-corrected chi connectivity index (χ0v) is 9.74. The van der Waals surface area contributed by atoms with Crippen molar-refractivity contribution in [1.29, 1.82) is 0 Å². The van der Waals surface area contributed by atoms with Crippen molar-refractivity contribution in [2.24, 2.45) is 0 Å². The molecule has 0 aliphatic rings. The van der Waals surface area contributed by atoms with Gasteiger partial charge >= 0.3 is 0 Å². The van der Waals surface area contributed by atoms with E-state index in [-0.39, 0.29) is 5.95 Å². The Labute approximate surface area is 103 Å². The first-order valence-electron chi connectivity index (χ1n) is 5.33. The van der Waals surface area contributed by atoms with Crippen LogP contribution in [0.4, 0.5) is 20.5 Å². The van der Waals surface area contributed by atoms with Crippen LogP contribution in [0.15, 0.2) is 24.4 Å². The summed E-state index contributed by atoms with van der Waals surface area (Å²) in [5.41, 5.74) is 6.91. The number of rotatable bonds is 3. The molecule has 0 unspecified atom stereocenters. The van der Waals surface area contributed by atoms with E-state index in [9.17, 15) is 8.78 Å². The molecule has 0 aliphatic heterocycles. The number of nitrogens with zero attached hydrogens (tertiary/aromatic N) is 2. The molecule has 0 saturated heterocycles. The van der Waals surface area contributed by atoms with E-state index < -0.39 is 11.6 Å². The lowest BCUT2D eigenvalue weighted by Crippen LogP contribution is -2.06. The van der Waals surface area contributed by atoms with Gasteiger partial charge in [0.1, 0.15) is 5.82 Å². The normalized spacial score (nSPS) is 10.4. The summed E-state index contributed by atoms with van der Waals surface area (Å²) in [7, 11) is 0. The van der Waals surface area contributed by atoms with Gasteiger partial charge in [0, 0.05) is 18.3 Å².